The molecule has 1 heterocycles. The maximum absolute atomic E-state index is 10.8. The molecule has 14 heavy (non-hydrogen) atoms. The molecule has 4 nitrogen and oxygen atoms in total. The van der Waals surface area contributed by atoms with Crippen LogP contribution < -0.4 is 10.6 Å². The quantitative estimate of drug-likeness (QED) is 0.600. The van der Waals surface area contributed by atoms with Gasteiger partial charge >= 0.3 is 0 Å². The summed E-state index contributed by atoms with van der Waals surface area (Å²) in [5.74, 6) is 0.732. The van der Waals surface area contributed by atoms with Crippen LogP contribution in [0.3, 0.4) is 0 Å². The zero-order valence-electron chi connectivity index (χ0n) is 9.01. The Hall–Kier alpha value is -0.610. The van der Waals surface area contributed by atoms with Gasteiger partial charge in [0.15, 0.2) is 0 Å². The summed E-state index contributed by atoms with van der Waals surface area (Å²) in [6.45, 7) is 7.38. The van der Waals surface area contributed by atoms with E-state index in [9.17, 15) is 4.79 Å². The van der Waals surface area contributed by atoms with Crippen LogP contribution in [0.25, 0.3) is 0 Å². The standard InChI is InChI=1S/C10H20N2O2/c1-8(2)7-14-4-3-11-9-5-10(13)12-6-9/h8-9,11H,3-7H2,1-2H3,(H,12,13). The molecule has 1 aliphatic heterocycles. The van der Waals surface area contributed by atoms with E-state index < -0.39 is 0 Å². The Morgan fingerprint density at radius 2 is 2.43 bits per heavy atom. The van der Waals surface area contributed by atoms with Crippen molar-refractivity contribution in [3.05, 3.63) is 0 Å². The average molecular weight is 200 g/mol. The first kappa shape index (κ1) is 11.5. The lowest BCUT2D eigenvalue weighted by Gasteiger charge is -2.11. The first-order chi connectivity index (χ1) is 6.68. The van der Waals surface area contributed by atoms with Crippen molar-refractivity contribution in [1.29, 1.82) is 0 Å². The Kier molecular flexibility index (Phi) is 4.90. The van der Waals surface area contributed by atoms with Gasteiger partial charge in [0.25, 0.3) is 0 Å². The van der Waals surface area contributed by atoms with Crippen LogP contribution in [0, 0.1) is 5.92 Å². The number of carbonyl (C=O) groups is 1. The van der Waals surface area contributed by atoms with Crippen LogP contribution in [-0.4, -0.2) is 38.3 Å². The summed E-state index contributed by atoms with van der Waals surface area (Å²) in [6, 6.07) is 0.296. The Morgan fingerprint density at radius 3 is 3.00 bits per heavy atom. The van der Waals surface area contributed by atoms with Crippen LogP contribution in [0.15, 0.2) is 0 Å². The van der Waals surface area contributed by atoms with E-state index in [-0.39, 0.29) is 5.91 Å². The summed E-state index contributed by atoms with van der Waals surface area (Å²) in [5, 5.41) is 6.06. The van der Waals surface area contributed by atoms with Gasteiger partial charge in [0.2, 0.25) is 5.91 Å². The zero-order chi connectivity index (χ0) is 10.4. The third kappa shape index (κ3) is 4.58. The second kappa shape index (κ2) is 5.98. The van der Waals surface area contributed by atoms with E-state index in [1.54, 1.807) is 0 Å². The van der Waals surface area contributed by atoms with Gasteiger partial charge < -0.3 is 15.4 Å². The van der Waals surface area contributed by atoms with Gasteiger partial charge in [0, 0.05) is 32.2 Å². The fraction of sp³-hybridized carbons (Fsp3) is 0.900. The third-order valence-electron chi connectivity index (χ3n) is 2.11. The van der Waals surface area contributed by atoms with Gasteiger partial charge in [0.05, 0.1) is 6.61 Å². The highest BCUT2D eigenvalue weighted by atomic mass is 16.5. The number of nitrogens with one attached hydrogen (secondary N) is 2. The van der Waals surface area contributed by atoms with Crippen LogP contribution in [-0.2, 0) is 9.53 Å². The topological polar surface area (TPSA) is 50.4 Å². The summed E-state index contributed by atoms with van der Waals surface area (Å²) in [4.78, 5) is 10.8. The van der Waals surface area contributed by atoms with E-state index in [4.69, 9.17) is 4.74 Å². The van der Waals surface area contributed by atoms with Gasteiger partial charge in [-0.1, -0.05) is 13.8 Å². The predicted molar refractivity (Wildman–Crippen MR) is 55.1 cm³/mol. The molecule has 1 saturated heterocycles. The highest BCUT2D eigenvalue weighted by molar-refractivity contribution is 5.78. The molecule has 0 spiro atoms. The largest absolute Gasteiger partial charge is 0.380 e. The van der Waals surface area contributed by atoms with Crippen LogP contribution in [0.4, 0.5) is 0 Å². The molecule has 1 unspecified atom stereocenters. The van der Waals surface area contributed by atoms with Crippen molar-refractivity contribution >= 4 is 5.91 Å². The minimum atomic E-state index is 0.144. The summed E-state index contributed by atoms with van der Waals surface area (Å²) in [7, 11) is 0. The fourth-order valence-corrected chi connectivity index (χ4v) is 1.40. The second-order valence-electron chi connectivity index (χ2n) is 4.13. The van der Waals surface area contributed by atoms with E-state index in [1.807, 2.05) is 0 Å². The number of amides is 1. The highest BCUT2D eigenvalue weighted by Crippen LogP contribution is 1.98. The van der Waals surface area contributed by atoms with Crippen molar-refractivity contribution in [2.24, 2.45) is 5.92 Å². The van der Waals surface area contributed by atoms with Crippen LogP contribution in [0.2, 0.25) is 0 Å². The number of hydrogen-bond donors (Lipinski definition) is 2. The molecule has 0 aromatic heterocycles. The van der Waals surface area contributed by atoms with E-state index in [1.165, 1.54) is 0 Å². The van der Waals surface area contributed by atoms with Crippen molar-refractivity contribution in [1.82, 2.24) is 10.6 Å². The molecule has 0 aliphatic carbocycles. The molecule has 1 amide bonds. The summed E-state index contributed by atoms with van der Waals surface area (Å²) in [5.41, 5.74) is 0. The Balaban J connectivity index is 1.91. The predicted octanol–water partition coefficient (Wildman–Crippen LogP) is 0.137. The van der Waals surface area contributed by atoms with Crippen LogP contribution in [0.5, 0.6) is 0 Å². The summed E-state index contributed by atoms with van der Waals surface area (Å²) < 4.78 is 5.41. The molecule has 4 heteroatoms. The molecule has 1 rings (SSSR count). The van der Waals surface area contributed by atoms with E-state index in [2.05, 4.69) is 24.5 Å². The van der Waals surface area contributed by atoms with Crippen molar-refractivity contribution in [2.75, 3.05) is 26.3 Å². The third-order valence-corrected chi connectivity index (χ3v) is 2.11. The maximum atomic E-state index is 10.8. The molecule has 2 N–H and O–H groups in total. The fourth-order valence-electron chi connectivity index (χ4n) is 1.40. The Morgan fingerprint density at radius 1 is 1.64 bits per heavy atom. The molecule has 0 radical (unpaired) electrons. The smallest absolute Gasteiger partial charge is 0.221 e. The molecule has 1 aliphatic rings. The van der Waals surface area contributed by atoms with Crippen molar-refractivity contribution in [3.63, 3.8) is 0 Å². The number of carbonyl (C=O) groups excluding carboxylic acids is 1. The SMILES string of the molecule is CC(C)COCCNC1CNC(=O)C1. The monoisotopic (exact) mass is 200 g/mol. The molecule has 0 aromatic carbocycles. The molecule has 1 atom stereocenters. The molecule has 1 fully saturated rings. The average Bonchev–Trinajstić information content (AvgIpc) is 2.50. The van der Waals surface area contributed by atoms with Gasteiger partial charge in [-0.25, -0.2) is 0 Å². The van der Waals surface area contributed by atoms with Crippen molar-refractivity contribution in [2.45, 2.75) is 26.3 Å². The lowest BCUT2D eigenvalue weighted by Crippen LogP contribution is -2.33. The molecular weight excluding hydrogens is 180 g/mol. The molecule has 0 saturated carbocycles. The van der Waals surface area contributed by atoms with Gasteiger partial charge in [-0.2, -0.15) is 0 Å². The van der Waals surface area contributed by atoms with Crippen molar-refractivity contribution < 1.29 is 9.53 Å². The minimum Gasteiger partial charge on any atom is -0.380 e. The minimum absolute atomic E-state index is 0.144. The zero-order valence-corrected chi connectivity index (χ0v) is 9.01. The molecular formula is C10H20N2O2. The van der Waals surface area contributed by atoms with E-state index >= 15 is 0 Å². The van der Waals surface area contributed by atoms with Crippen molar-refractivity contribution in [3.8, 4) is 0 Å². The maximum Gasteiger partial charge on any atom is 0.221 e. The lowest BCUT2D eigenvalue weighted by atomic mass is 10.2. The van der Waals surface area contributed by atoms with Gasteiger partial charge in [-0.15, -0.1) is 0 Å². The number of hydrogen-bond acceptors (Lipinski definition) is 3. The van der Waals surface area contributed by atoms with E-state index in [0.29, 0.717) is 18.4 Å². The van der Waals surface area contributed by atoms with Gasteiger partial charge in [-0.05, 0) is 5.92 Å². The summed E-state index contributed by atoms with van der Waals surface area (Å²) >= 11 is 0. The Bertz CT molecular complexity index is 183. The van der Waals surface area contributed by atoms with Crippen LogP contribution >= 0.6 is 0 Å². The first-order valence-corrected chi connectivity index (χ1v) is 5.26. The second-order valence-corrected chi connectivity index (χ2v) is 4.13. The highest BCUT2D eigenvalue weighted by Gasteiger charge is 2.19. The van der Waals surface area contributed by atoms with E-state index in [0.717, 1.165) is 26.3 Å². The number of rotatable bonds is 6. The van der Waals surface area contributed by atoms with Gasteiger partial charge in [0.1, 0.15) is 0 Å². The van der Waals surface area contributed by atoms with Crippen LogP contribution in [0.1, 0.15) is 20.3 Å². The first-order valence-electron chi connectivity index (χ1n) is 5.26. The van der Waals surface area contributed by atoms with Gasteiger partial charge in [-0.3, -0.25) is 4.79 Å². The number of ether oxygens (including phenoxy) is 1. The Labute approximate surface area is 85.4 Å². The summed E-state index contributed by atoms with van der Waals surface area (Å²) in [6.07, 6.45) is 0.601. The molecule has 0 bridgehead atoms. The molecule has 0 aromatic rings. The molecule has 82 valence electrons. The lowest BCUT2D eigenvalue weighted by molar-refractivity contribution is -0.119. The normalized spacial score (nSPS) is 21.6.